The number of phenolic OH excluding ortho intramolecular Hbond substituents is 1. The largest absolute Gasteiger partial charge is 0.505 e. The molecule has 7 heteroatoms. The van der Waals surface area contributed by atoms with Gasteiger partial charge in [-0.05, 0) is 103 Å². The number of phenols is 1. The van der Waals surface area contributed by atoms with Gasteiger partial charge < -0.3 is 5.11 Å². The minimum Gasteiger partial charge on any atom is -0.505 e. The van der Waals surface area contributed by atoms with Crippen molar-refractivity contribution in [2.45, 2.75) is 70.1 Å². The van der Waals surface area contributed by atoms with Crippen LogP contribution >= 0.6 is 0 Å². The van der Waals surface area contributed by atoms with Gasteiger partial charge in [-0.15, -0.1) is 5.11 Å². The van der Waals surface area contributed by atoms with Gasteiger partial charge >= 0.3 is 0 Å². The summed E-state index contributed by atoms with van der Waals surface area (Å²) in [5.74, 6) is 0.545. The van der Waals surface area contributed by atoms with Crippen molar-refractivity contribution in [1.82, 2.24) is 0 Å². The minimum atomic E-state index is -4.44. The number of rotatable bonds is 6. The Hall–Kier alpha value is -3.55. The van der Waals surface area contributed by atoms with Crippen molar-refractivity contribution < 1.29 is 18.1 Å². The third kappa shape index (κ3) is 5.89. The highest BCUT2D eigenvalue weighted by Gasteiger charge is 2.20. The molecule has 0 saturated heterocycles. The lowest BCUT2D eigenvalue weighted by molar-refractivity contribution is 0.443. The molecule has 39 heavy (non-hydrogen) atoms. The van der Waals surface area contributed by atoms with Gasteiger partial charge in [0.25, 0.3) is 10.1 Å². The SMILES string of the molecule is Cc1ccc(Cc2cc(S(=O)(=O)O)cc3cc(C)c(/N=N/c4ccc(C5CCCCC5)cc4C)c(O)c23)cc1. The third-order valence-corrected chi connectivity index (χ3v) is 8.63. The molecule has 4 aromatic carbocycles. The molecule has 0 spiro atoms. The van der Waals surface area contributed by atoms with Gasteiger partial charge in [0.05, 0.1) is 10.6 Å². The van der Waals surface area contributed by atoms with Crippen LogP contribution in [0.5, 0.6) is 5.75 Å². The lowest BCUT2D eigenvalue weighted by Crippen LogP contribution is -2.04. The fourth-order valence-corrected chi connectivity index (χ4v) is 6.20. The average molecular weight is 543 g/mol. The summed E-state index contributed by atoms with van der Waals surface area (Å²) in [6.07, 6.45) is 6.71. The zero-order valence-corrected chi connectivity index (χ0v) is 23.4. The monoisotopic (exact) mass is 542 g/mol. The van der Waals surface area contributed by atoms with Gasteiger partial charge in [-0.1, -0.05) is 61.2 Å². The Morgan fingerprint density at radius 2 is 1.56 bits per heavy atom. The second kappa shape index (κ2) is 10.9. The van der Waals surface area contributed by atoms with E-state index >= 15 is 0 Å². The van der Waals surface area contributed by atoms with Gasteiger partial charge in [0.1, 0.15) is 5.69 Å². The van der Waals surface area contributed by atoms with E-state index in [1.807, 2.05) is 44.2 Å². The van der Waals surface area contributed by atoms with E-state index < -0.39 is 10.1 Å². The summed E-state index contributed by atoms with van der Waals surface area (Å²) in [6, 6.07) is 18.8. The van der Waals surface area contributed by atoms with Crippen molar-refractivity contribution in [2.24, 2.45) is 10.2 Å². The van der Waals surface area contributed by atoms with E-state index in [4.69, 9.17) is 0 Å². The van der Waals surface area contributed by atoms with Crippen LogP contribution in [0.1, 0.15) is 71.4 Å². The smallest absolute Gasteiger partial charge is 0.294 e. The van der Waals surface area contributed by atoms with Gasteiger partial charge in [-0.25, -0.2) is 0 Å². The molecule has 202 valence electrons. The van der Waals surface area contributed by atoms with Crippen LogP contribution in [0.25, 0.3) is 10.8 Å². The highest BCUT2D eigenvalue weighted by atomic mass is 32.2. The molecule has 4 aromatic rings. The molecule has 1 fully saturated rings. The molecule has 0 bridgehead atoms. The quantitative estimate of drug-likeness (QED) is 0.188. The summed E-state index contributed by atoms with van der Waals surface area (Å²) in [5.41, 5.74) is 6.76. The molecule has 1 aliphatic rings. The number of hydrogen-bond donors (Lipinski definition) is 2. The van der Waals surface area contributed by atoms with Crippen LogP contribution in [-0.4, -0.2) is 18.1 Å². The molecule has 5 rings (SSSR count). The minimum absolute atomic E-state index is 0.0609. The normalized spacial score (nSPS) is 14.9. The third-order valence-electron chi connectivity index (χ3n) is 7.80. The van der Waals surface area contributed by atoms with E-state index in [1.54, 1.807) is 13.0 Å². The first-order chi connectivity index (χ1) is 18.6. The highest BCUT2D eigenvalue weighted by Crippen LogP contribution is 2.42. The Kier molecular flexibility index (Phi) is 7.56. The highest BCUT2D eigenvalue weighted by molar-refractivity contribution is 7.85. The van der Waals surface area contributed by atoms with Crippen LogP contribution in [0, 0.1) is 20.8 Å². The van der Waals surface area contributed by atoms with Gasteiger partial charge in [0.2, 0.25) is 0 Å². The maximum Gasteiger partial charge on any atom is 0.294 e. The van der Waals surface area contributed by atoms with Gasteiger partial charge in [-0.3, -0.25) is 4.55 Å². The first kappa shape index (κ1) is 27.0. The van der Waals surface area contributed by atoms with E-state index in [0.29, 0.717) is 39.9 Å². The number of aryl methyl sites for hydroxylation is 3. The molecular formula is C32H34N2O4S. The molecular weight excluding hydrogens is 508 g/mol. The maximum absolute atomic E-state index is 12.0. The molecule has 2 N–H and O–H groups in total. The number of fused-ring (bicyclic) bond motifs is 1. The number of nitrogens with zero attached hydrogens (tertiary/aromatic N) is 2. The van der Waals surface area contributed by atoms with Crippen LogP contribution in [0.15, 0.2) is 75.8 Å². The summed E-state index contributed by atoms with van der Waals surface area (Å²) in [4.78, 5) is -0.209. The Labute approximate surface area is 230 Å². The Bertz CT molecular complexity index is 1670. The molecule has 0 aromatic heterocycles. The van der Waals surface area contributed by atoms with Gasteiger partial charge in [0.15, 0.2) is 5.75 Å². The first-order valence-corrected chi connectivity index (χ1v) is 14.9. The van der Waals surface area contributed by atoms with Crippen molar-refractivity contribution in [3.05, 3.63) is 94.0 Å². The van der Waals surface area contributed by atoms with Crippen molar-refractivity contribution in [3.8, 4) is 5.75 Å². The maximum atomic E-state index is 12.0. The number of azo groups is 1. The topological polar surface area (TPSA) is 99.3 Å². The Balaban J connectivity index is 1.56. The second-order valence-corrected chi connectivity index (χ2v) is 12.2. The molecule has 0 aliphatic heterocycles. The first-order valence-electron chi connectivity index (χ1n) is 13.4. The van der Waals surface area contributed by atoms with E-state index in [1.165, 1.54) is 49.8 Å². The predicted molar refractivity (Wildman–Crippen MR) is 155 cm³/mol. The summed E-state index contributed by atoms with van der Waals surface area (Å²) in [7, 11) is -4.44. The molecule has 0 unspecified atom stereocenters. The summed E-state index contributed by atoms with van der Waals surface area (Å²) in [5, 5.41) is 21.4. The summed E-state index contributed by atoms with van der Waals surface area (Å²) >= 11 is 0. The molecule has 1 saturated carbocycles. The Morgan fingerprint density at radius 1 is 0.846 bits per heavy atom. The standard InChI is InChI=1S/C32H34N2O4S/c1-20-9-11-23(12-10-20)17-27-19-28(39(36,37)38)18-26-16-22(3)31(32(35)30(26)27)34-33-29-14-13-25(15-21(29)2)24-7-5-4-6-8-24/h9-16,18-19,24,35H,4-8,17H2,1-3H3,(H,36,37,38)/b34-33+. The average Bonchev–Trinajstić information content (AvgIpc) is 2.90. The van der Waals surface area contributed by atoms with Gasteiger partial charge in [-0.2, -0.15) is 13.5 Å². The van der Waals surface area contributed by atoms with Crippen LogP contribution in [-0.2, 0) is 16.5 Å². The second-order valence-electron chi connectivity index (χ2n) is 10.8. The fourth-order valence-electron chi connectivity index (χ4n) is 5.63. The summed E-state index contributed by atoms with van der Waals surface area (Å²) < 4.78 is 33.9. The van der Waals surface area contributed by atoms with Crippen LogP contribution in [0.2, 0.25) is 0 Å². The predicted octanol–water partition coefficient (Wildman–Crippen LogP) is 8.77. The van der Waals surface area contributed by atoms with E-state index in [9.17, 15) is 18.1 Å². The molecule has 1 aliphatic carbocycles. The zero-order valence-electron chi connectivity index (χ0n) is 22.6. The van der Waals surface area contributed by atoms with Crippen LogP contribution in [0.4, 0.5) is 11.4 Å². The van der Waals surface area contributed by atoms with E-state index in [-0.39, 0.29) is 10.6 Å². The van der Waals surface area contributed by atoms with Crippen molar-refractivity contribution in [3.63, 3.8) is 0 Å². The van der Waals surface area contributed by atoms with E-state index in [0.717, 1.165) is 22.4 Å². The van der Waals surface area contributed by atoms with Crippen molar-refractivity contribution in [2.75, 3.05) is 0 Å². The Morgan fingerprint density at radius 3 is 2.23 bits per heavy atom. The molecule has 0 radical (unpaired) electrons. The van der Waals surface area contributed by atoms with Crippen molar-refractivity contribution >= 4 is 32.3 Å². The molecule has 0 atom stereocenters. The number of benzene rings is 4. The summed E-state index contributed by atoms with van der Waals surface area (Å²) in [6.45, 7) is 5.83. The zero-order chi connectivity index (χ0) is 27.7. The number of hydrogen-bond acceptors (Lipinski definition) is 5. The van der Waals surface area contributed by atoms with E-state index in [2.05, 4.69) is 22.4 Å². The van der Waals surface area contributed by atoms with Crippen LogP contribution < -0.4 is 0 Å². The number of aromatic hydroxyl groups is 1. The van der Waals surface area contributed by atoms with Crippen molar-refractivity contribution in [1.29, 1.82) is 0 Å². The lowest BCUT2D eigenvalue weighted by Gasteiger charge is -2.22. The molecule has 0 heterocycles. The van der Waals surface area contributed by atoms with Gasteiger partial charge in [0, 0.05) is 5.39 Å². The van der Waals surface area contributed by atoms with Crippen LogP contribution in [0.3, 0.4) is 0 Å². The molecule has 0 amide bonds. The molecule has 6 nitrogen and oxygen atoms in total. The fraction of sp³-hybridized carbons (Fsp3) is 0.312. The lowest BCUT2D eigenvalue weighted by atomic mass is 9.83.